The number of nitrogens with one attached hydrogen (secondary N) is 1. The topological polar surface area (TPSA) is 15.3 Å². The highest BCUT2D eigenvalue weighted by atomic mass is 15.2. The van der Waals surface area contributed by atoms with Crippen molar-refractivity contribution in [3.8, 4) is 0 Å². The van der Waals surface area contributed by atoms with Crippen molar-refractivity contribution in [2.24, 2.45) is 0 Å². The Balaban J connectivity index is 2.23. The molecule has 1 fully saturated rings. The first-order valence-electron chi connectivity index (χ1n) is 4.40. The third kappa shape index (κ3) is 2.64. The Kier molecular flexibility index (Phi) is 3.60. The Morgan fingerprint density at radius 2 is 2.55 bits per heavy atom. The quantitative estimate of drug-likeness (QED) is 0.606. The minimum atomic E-state index is 0.698. The molecule has 2 nitrogen and oxygen atoms in total. The first kappa shape index (κ1) is 8.75. The Bertz CT molecular complexity index is 123. The zero-order valence-electron chi connectivity index (χ0n) is 7.34. The monoisotopic (exact) mass is 154 g/mol. The Morgan fingerprint density at radius 3 is 3.18 bits per heavy atom. The minimum absolute atomic E-state index is 0.698. The maximum atomic E-state index is 3.73. The molecule has 0 unspecified atom stereocenters. The lowest BCUT2D eigenvalue weighted by Gasteiger charge is -2.33. The summed E-state index contributed by atoms with van der Waals surface area (Å²) in [5.74, 6) is 0. The van der Waals surface area contributed by atoms with Gasteiger partial charge in [0, 0.05) is 32.2 Å². The molecule has 1 aliphatic rings. The van der Waals surface area contributed by atoms with Crippen LogP contribution in [-0.4, -0.2) is 37.1 Å². The van der Waals surface area contributed by atoms with Crippen LogP contribution in [0.5, 0.6) is 0 Å². The molecule has 1 heterocycles. The molecule has 0 aromatic heterocycles. The van der Waals surface area contributed by atoms with Gasteiger partial charge < -0.3 is 5.32 Å². The first-order chi connectivity index (χ1) is 5.34. The molecule has 0 aliphatic carbocycles. The summed E-state index contributed by atoms with van der Waals surface area (Å²) < 4.78 is 0. The van der Waals surface area contributed by atoms with Crippen molar-refractivity contribution in [2.45, 2.75) is 19.4 Å². The van der Waals surface area contributed by atoms with Crippen molar-refractivity contribution >= 4 is 0 Å². The van der Waals surface area contributed by atoms with Crippen LogP contribution in [0.2, 0.25) is 0 Å². The van der Waals surface area contributed by atoms with E-state index in [1.54, 1.807) is 0 Å². The Hall–Kier alpha value is -0.340. The molecule has 1 rings (SSSR count). The van der Waals surface area contributed by atoms with E-state index in [4.69, 9.17) is 0 Å². The summed E-state index contributed by atoms with van der Waals surface area (Å²) in [6.45, 7) is 10.6. The number of hydrogen-bond acceptors (Lipinski definition) is 2. The zero-order chi connectivity index (χ0) is 8.10. The molecule has 0 saturated carbocycles. The molecule has 2 heteroatoms. The van der Waals surface area contributed by atoms with Gasteiger partial charge in [0.05, 0.1) is 0 Å². The maximum absolute atomic E-state index is 3.73. The fourth-order valence-corrected chi connectivity index (χ4v) is 1.47. The lowest BCUT2D eigenvalue weighted by molar-refractivity contribution is 0.177. The van der Waals surface area contributed by atoms with Crippen LogP contribution < -0.4 is 5.32 Å². The largest absolute Gasteiger partial charge is 0.314 e. The minimum Gasteiger partial charge on any atom is -0.314 e. The first-order valence-corrected chi connectivity index (χ1v) is 4.40. The van der Waals surface area contributed by atoms with E-state index in [9.17, 15) is 0 Å². The summed E-state index contributed by atoms with van der Waals surface area (Å²) in [6.07, 6.45) is 3.11. The molecule has 64 valence electrons. The van der Waals surface area contributed by atoms with Gasteiger partial charge in [-0.15, -0.1) is 6.58 Å². The Labute approximate surface area is 69.3 Å². The molecular weight excluding hydrogens is 136 g/mol. The molecule has 11 heavy (non-hydrogen) atoms. The summed E-state index contributed by atoms with van der Waals surface area (Å²) in [6, 6.07) is 0.698. The third-order valence-corrected chi connectivity index (χ3v) is 2.26. The van der Waals surface area contributed by atoms with Crippen LogP contribution in [0.4, 0.5) is 0 Å². The van der Waals surface area contributed by atoms with Crippen molar-refractivity contribution < 1.29 is 0 Å². The molecule has 1 aliphatic heterocycles. The smallest absolute Gasteiger partial charge is 0.0193 e. The van der Waals surface area contributed by atoms with E-state index in [1.807, 2.05) is 6.08 Å². The number of hydrogen-bond donors (Lipinski definition) is 1. The van der Waals surface area contributed by atoms with Crippen molar-refractivity contribution in [3.63, 3.8) is 0 Å². The van der Waals surface area contributed by atoms with Gasteiger partial charge in [0.2, 0.25) is 0 Å². The summed E-state index contributed by atoms with van der Waals surface area (Å²) in [7, 11) is 0. The van der Waals surface area contributed by atoms with Crippen molar-refractivity contribution in [1.29, 1.82) is 0 Å². The summed E-state index contributed by atoms with van der Waals surface area (Å²) in [5, 5.41) is 3.37. The number of rotatable bonds is 3. The predicted octanol–water partition coefficient (Wildman–Crippen LogP) is 0.856. The predicted molar refractivity (Wildman–Crippen MR) is 48.7 cm³/mol. The number of nitrogens with zero attached hydrogens (tertiary/aromatic N) is 1. The van der Waals surface area contributed by atoms with Crippen LogP contribution in [0.3, 0.4) is 0 Å². The molecular formula is C9H18N2. The molecule has 0 bridgehead atoms. The van der Waals surface area contributed by atoms with Crippen LogP contribution in [-0.2, 0) is 0 Å². The highest BCUT2D eigenvalue weighted by molar-refractivity contribution is 4.78. The average Bonchev–Trinajstić information content (AvgIpc) is 2.03. The SMILES string of the molecule is C=CCCN1CCNC[C@@H]1C. The molecule has 0 aromatic rings. The van der Waals surface area contributed by atoms with Gasteiger partial charge in [0.15, 0.2) is 0 Å². The third-order valence-electron chi connectivity index (χ3n) is 2.26. The normalized spacial score (nSPS) is 26.8. The molecule has 0 radical (unpaired) electrons. The van der Waals surface area contributed by atoms with Gasteiger partial charge in [0.25, 0.3) is 0 Å². The van der Waals surface area contributed by atoms with E-state index in [1.165, 1.54) is 13.1 Å². The van der Waals surface area contributed by atoms with Crippen molar-refractivity contribution in [3.05, 3.63) is 12.7 Å². The van der Waals surface area contributed by atoms with E-state index < -0.39 is 0 Å². The van der Waals surface area contributed by atoms with Gasteiger partial charge in [-0.05, 0) is 13.3 Å². The summed E-state index contributed by atoms with van der Waals surface area (Å²) in [4.78, 5) is 2.51. The van der Waals surface area contributed by atoms with Crippen molar-refractivity contribution in [2.75, 3.05) is 26.2 Å². The van der Waals surface area contributed by atoms with Crippen molar-refractivity contribution in [1.82, 2.24) is 10.2 Å². The van der Waals surface area contributed by atoms with Crippen LogP contribution in [0.1, 0.15) is 13.3 Å². The van der Waals surface area contributed by atoms with Gasteiger partial charge in [-0.3, -0.25) is 4.90 Å². The molecule has 0 amide bonds. The fourth-order valence-electron chi connectivity index (χ4n) is 1.47. The number of piperazine rings is 1. The summed E-state index contributed by atoms with van der Waals surface area (Å²) >= 11 is 0. The average molecular weight is 154 g/mol. The van der Waals surface area contributed by atoms with Gasteiger partial charge >= 0.3 is 0 Å². The lowest BCUT2D eigenvalue weighted by atomic mass is 10.2. The molecule has 0 aromatic carbocycles. The zero-order valence-corrected chi connectivity index (χ0v) is 7.34. The fraction of sp³-hybridized carbons (Fsp3) is 0.778. The van der Waals surface area contributed by atoms with E-state index in [2.05, 4.69) is 23.7 Å². The van der Waals surface area contributed by atoms with E-state index >= 15 is 0 Å². The lowest BCUT2D eigenvalue weighted by Crippen LogP contribution is -2.49. The maximum Gasteiger partial charge on any atom is 0.0193 e. The second-order valence-electron chi connectivity index (χ2n) is 3.17. The molecule has 0 spiro atoms. The van der Waals surface area contributed by atoms with Gasteiger partial charge in [0.1, 0.15) is 0 Å². The van der Waals surface area contributed by atoms with Crippen LogP contribution >= 0.6 is 0 Å². The standard InChI is InChI=1S/C9H18N2/c1-3-4-6-11-7-5-10-8-9(11)2/h3,9-10H,1,4-8H2,2H3/t9-/m0/s1. The van der Waals surface area contributed by atoms with Gasteiger partial charge in [-0.25, -0.2) is 0 Å². The summed E-state index contributed by atoms with van der Waals surface area (Å²) in [5.41, 5.74) is 0. The van der Waals surface area contributed by atoms with E-state index in [0.29, 0.717) is 6.04 Å². The highest BCUT2D eigenvalue weighted by Gasteiger charge is 2.15. The van der Waals surface area contributed by atoms with Gasteiger partial charge in [-0.2, -0.15) is 0 Å². The van der Waals surface area contributed by atoms with Crippen LogP contribution in [0, 0.1) is 0 Å². The second kappa shape index (κ2) is 4.52. The molecule has 1 saturated heterocycles. The highest BCUT2D eigenvalue weighted by Crippen LogP contribution is 2.02. The molecule has 1 atom stereocenters. The van der Waals surface area contributed by atoms with Crippen LogP contribution in [0.25, 0.3) is 0 Å². The Morgan fingerprint density at radius 1 is 1.73 bits per heavy atom. The van der Waals surface area contributed by atoms with Crippen LogP contribution in [0.15, 0.2) is 12.7 Å². The van der Waals surface area contributed by atoms with E-state index in [0.717, 1.165) is 19.5 Å². The second-order valence-corrected chi connectivity index (χ2v) is 3.17. The van der Waals surface area contributed by atoms with E-state index in [-0.39, 0.29) is 0 Å². The van der Waals surface area contributed by atoms with Gasteiger partial charge in [-0.1, -0.05) is 6.08 Å². The molecule has 1 N–H and O–H groups in total.